The maximum absolute atomic E-state index is 10.8. The van der Waals surface area contributed by atoms with Gasteiger partial charge in [0.05, 0.1) is 5.69 Å². The van der Waals surface area contributed by atoms with Crippen LogP contribution < -0.4 is 4.74 Å². The average Bonchev–Trinajstić information content (AvgIpc) is 2.73. The van der Waals surface area contributed by atoms with Crippen LogP contribution in [0.25, 0.3) is 5.82 Å². The Morgan fingerprint density at radius 1 is 1.44 bits per heavy atom. The van der Waals surface area contributed by atoms with Crippen molar-refractivity contribution in [1.29, 1.82) is 0 Å². The minimum atomic E-state index is -0.363. The molecule has 0 saturated carbocycles. The van der Waals surface area contributed by atoms with Crippen LogP contribution >= 0.6 is 0 Å². The monoisotopic (exact) mass is 218 g/mol. The number of esters is 1. The average molecular weight is 218 g/mol. The van der Waals surface area contributed by atoms with Gasteiger partial charge in [0.25, 0.3) is 0 Å². The quantitative estimate of drug-likeness (QED) is 0.700. The molecule has 2 aromatic heterocycles. The van der Waals surface area contributed by atoms with Crippen LogP contribution in [0.1, 0.15) is 12.6 Å². The summed E-state index contributed by atoms with van der Waals surface area (Å²) in [6.07, 6.45) is 2.98. The van der Waals surface area contributed by atoms with Crippen LogP contribution in [0.4, 0.5) is 0 Å². The highest BCUT2D eigenvalue weighted by molar-refractivity contribution is 5.69. The molecule has 0 atom stereocenters. The first-order chi connectivity index (χ1) is 7.66. The minimum Gasteiger partial charge on any atom is -0.425 e. The Balaban J connectivity index is 2.33. The smallest absolute Gasteiger partial charge is 0.308 e. The van der Waals surface area contributed by atoms with E-state index in [1.54, 1.807) is 25.4 Å². The van der Waals surface area contributed by atoms with Crippen LogP contribution in [0.15, 0.2) is 24.8 Å². The standard InChI is InChI=1S/C10H10N4O2/c1-7-9(16-8(2)15)3-4-10(13-7)14-6-11-5-12-14/h3-6H,1-2H3. The first-order valence-electron chi connectivity index (χ1n) is 4.68. The highest BCUT2D eigenvalue weighted by atomic mass is 16.5. The normalized spacial score (nSPS) is 10.1. The third kappa shape index (κ3) is 2.05. The zero-order valence-electron chi connectivity index (χ0n) is 8.91. The van der Waals surface area contributed by atoms with E-state index in [9.17, 15) is 4.79 Å². The molecule has 0 aliphatic carbocycles. The second-order valence-electron chi connectivity index (χ2n) is 3.19. The first-order valence-corrected chi connectivity index (χ1v) is 4.68. The largest absolute Gasteiger partial charge is 0.425 e. The van der Waals surface area contributed by atoms with E-state index in [2.05, 4.69) is 15.1 Å². The van der Waals surface area contributed by atoms with Crippen molar-refractivity contribution in [2.45, 2.75) is 13.8 Å². The van der Waals surface area contributed by atoms with E-state index < -0.39 is 0 Å². The Kier molecular flexibility index (Phi) is 2.63. The van der Waals surface area contributed by atoms with Gasteiger partial charge in [-0.15, -0.1) is 0 Å². The van der Waals surface area contributed by atoms with Gasteiger partial charge < -0.3 is 4.74 Å². The number of aromatic nitrogens is 4. The van der Waals surface area contributed by atoms with Gasteiger partial charge >= 0.3 is 5.97 Å². The molecule has 2 rings (SSSR count). The van der Waals surface area contributed by atoms with Crippen molar-refractivity contribution in [2.75, 3.05) is 0 Å². The van der Waals surface area contributed by atoms with Crippen LogP contribution in [0, 0.1) is 6.92 Å². The molecule has 0 aliphatic heterocycles. The topological polar surface area (TPSA) is 69.9 Å². The molecular formula is C10H10N4O2. The molecule has 0 bridgehead atoms. The molecule has 0 spiro atoms. The number of rotatable bonds is 2. The molecule has 16 heavy (non-hydrogen) atoms. The second-order valence-corrected chi connectivity index (χ2v) is 3.19. The summed E-state index contributed by atoms with van der Waals surface area (Å²) in [6.45, 7) is 3.11. The van der Waals surface area contributed by atoms with Crippen molar-refractivity contribution in [2.24, 2.45) is 0 Å². The summed E-state index contributed by atoms with van der Waals surface area (Å²) in [5.74, 6) is 0.723. The van der Waals surface area contributed by atoms with Crippen molar-refractivity contribution < 1.29 is 9.53 Å². The van der Waals surface area contributed by atoms with E-state index in [-0.39, 0.29) is 5.97 Å². The van der Waals surface area contributed by atoms with Crippen molar-refractivity contribution in [1.82, 2.24) is 19.7 Å². The van der Waals surface area contributed by atoms with E-state index in [0.29, 0.717) is 17.3 Å². The number of pyridine rings is 1. The van der Waals surface area contributed by atoms with Crippen LogP contribution in [0.3, 0.4) is 0 Å². The van der Waals surface area contributed by atoms with Gasteiger partial charge in [-0.25, -0.2) is 14.6 Å². The van der Waals surface area contributed by atoms with E-state index in [1.165, 1.54) is 17.9 Å². The maximum Gasteiger partial charge on any atom is 0.308 e. The highest BCUT2D eigenvalue weighted by Crippen LogP contribution is 2.17. The Labute approximate surface area is 91.9 Å². The fourth-order valence-electron chi connectivity index (χ4n) is 1.25. The Bertz CT molecular complexity index is 508. The van der Waals surface area contributed by atoms with Gasteiger partial charge in [-0.05, 0) is 19.1 Å². The van der Waals surface area contributed by atoms with E-state index >= 15 is 0 Å². The highest BCUT2D eigenvalue weighted by Gasteiger charge is 2.06. The number of carbonyl (C=O) groups excluding carboxylic acids is 1. The number of aryl methyl sites for hydroxylation is 1. The number of hydrogen-bond acceptors (Lipinski definition) is 5. The first kappa shape index (κ1) is 10.3. The lowest BCUT2D eigenvalue weighted by atomic mass is 10.3. The lowest BCUT2D eigenvalue weighted by Gasteiger charge is -2.06. The molecule has 0 saturated heterocycles. The van der Waals surface area contributed by atoms with Gasteiger partial charge in [-0.3, -0.25) is 4.79 Å². The van der Waals surface area contributed by atoms with E-state index in [1.807, 2.05) is 0 Å². The summed E-state index contributed by atoms with van der Waals surface area (Å²) < 4.78 is 6.50. The lowest BCUT2D eigenvalue weighted by Crippen LogP contribution is -2.05. The molecule has 0 unspecified atom stereocenters. The lowest BCUT2D eigenvalue weighted by molar-refractivity contribution is -0.131. The molecule has 6 heteroatoms. The SMILES string of the molecule is CC(=O)Oc1ccc(-n2cncn2)nc1C. The summed E-state index contributed by atoms with van der Waals surface area (Å²) in [5, 5.41) is 3.95. The summed E-state index contributed by atoms with van der Waals surface area (Å²) in [6, 6.07) is 3.39. The van der Waals surface area contributed by atoms with Crippen LogP contribution in [0.2, 0.25) is 0 Å². The number of carbonyl (C=O) groups is 1. The fraction of sp³-hybridized carbons (Fsp3) is 0.200. The number of nitrogens with zero attached hydrogens (tertiary/aromatic N) is 4. The van der Waals surface area contributed by atoms with Gasteiger partial charge in [0.15, 0.2) is 11.6 Å². The van der Waals surface area contributed by atoms with E-state index in [4.69, 9.17) is 4.74 Å². The third-order valence-electron chi connectivity index (χ3n) is 1.93. The van der Waals surface area contributed by atoms with Crippen molar-refractivity contribution in [3.63, 3.8) is 0 Å². The molecule has 82 valence electrons. The van der Waals surface area contributed by atoms with Crippen molar-refractivity contribution >= 4 is 5.97 Å². The predicted molar refractivity (Wildman–Crippen MR) is 55.2 cm³/mol. The molecule has 0 radical (unpaired) electrons. The van der Waals surface area contributed by atoms with Crippen LogP contribution in [-0.2, 0) is 4.79 Å². The number of ether oxygens (including phenoxy) is 1. The van der Waals surface area contributed by atoms with Crippen LogP contribution in [0.5, 0.6) is 5.75 Å². The molecule has 0 N–H and O–H groups in total. The van der Waals surface area contributed by atoms with E-state index in [0.717, 1.165) is 0 Å². The molecule has 0 fully saturated rings. The summed E-state index contributed by atoms with van der Waals surface area (Å²) in [4.78, 5) is 18.9. The van der Waals surface area contributed by atoms with Crippen LogP contribution in [-0.4, -0.2) is 25.7 Å². The fourth-order valence-corrected chi connectivity index (χ4v) is 1.25. The molecule has 0 aliphatic rings. The Hall–Kier alpha value is -2.24. The molecule has 0 aromatic carbocycles. The zero-order valence-corrected chi connectivity index (χ0v) is 8.91. The summed E-state index contributed by atoms with van der Waals surface area (Å²) in [5.41, 5.74) is 0.628. The van der Waals surface area contributed by atoms with Gasteiger partial charge in [0, 0.05) is 6.92 Å². The molecule has 2 heterocycles. The summed E-state index contributed by atoms with van der Waals surface area (Å²) in [7, 11) is 0. The molecular weight excluding hydrogens is 208 g/mol. The number of hydrogen-bond donors (Lipinski definition) is 0. The molecule has 0 amide bonds. The predicted octanol–water partition coefficient (Wildman–Crippen LogP) is 0.896. The third-order valence-corrected chi connectivity index (χ3v) is 1.93. The van der Waals surface area contributed by atoms with Gasteiger partial charge in [-0.1, -0.05) is 0 Å². The molecule has 6 nitrogen and oxygen atoms in total. The maximum atomic E-state index is 10.8. The zero-order chi connectivity index (χ0) is 11.5. The van der Waals surface area contributed by atoms with Crippen molar-refractivity contribution in [3.05, 3.63) is 30.5 Å². The summed E-state index contributed by atoms with van der Waals surface area (Å²) >= 11 is 0. The van der Waals surface area contributed by atoms with Gasteiger partial charge in [0.1, 0.15) is 12.7 Å². The van der Waals surface area contributed by atoms with Gasteiger partial charge in [-0.2, -0.15) is 5.10 Å². The van der Waals surface area contributed by atoms with Crippen molar-refractivity contribution in [3.8, 4) is 11.6 Å². The van der Waals surface area contributed by atoms with Gasteiger partial charge in [0.2, 0.25) is 0 Å². The second kappa shape index (κ2) is 4.09. The Morgan fingerprint density at radius 2 is 2.25 bits per heavy atom. The molecule has 2 aromatic rings. The Morgan fingerprint density at radius 3 is 2.81 bits per heavy atom. The minimum absolute atomic E-state index is 0.363.